The van der Waals surface area contributed by atoms with Gasteiger partial charge in [-0.1, -0.05) is 12.8 Å². The van der Waals surface area contributed by atoms with E-state index in [1.54, 1.807) is 20.9 Å². The largest absolute Gasteiger partial charge is 0.358 e. The van der Waals surface area contributed by atoms with Gasteiger partial charge >= 0.3 is 0 Å². The smallest absolute Gasteiger partial charge is 0.237 e. The normalized spacial score (nSPS) is 19.7. The van der Waals surface area contributed by atoms with Gasteiger partial charge in [-0.2, -0.15) is 0 Å². The van der Waals surface area contributed by atoms with Gasteiger partial charge in [0.1, 0.15) is 0 Å². The molecule has 0 aromatic rings. The van der Waals surface area contributed by atoms with Crippen molar-refractivity contribution in [1.29, 1.82) is 0 Å². The van der Waals surface area contributed by atoms with Gasteiger partial charge in [-0.3, -0.25) is 14.9 Å². The molecule has 1 aliphatic rings. The molecule has 2 unspecified atom stereocenters. The lowest BCUT2D eigenvalue weighted by molar-refractivity contribution is -0.125. The maximum Gasteiger partial charge on any atom is 0.237 e. The Kier molecular flexibility index (Phi) is 5.41. The lowest BCUT2D eigenvalue weighted by Gasteiger charge is -2.20. The molecule has 0 radical (unpaired) electrons. The van der Waals surface area contributed by atoms with Crippen LogP contribution >= 0.6 is 0 Å². The van der Waals surface area contributed by atoms with Crippen LogP contribution in [0.2, 0.25) is 0 Å². The lowest BCUT2D eigenvalue weighted by Crippen LogP contribution is -2.51. The van der Waals surface area contributed by atoms with Gasteiger partial charge in [-0.25, -0.2) is 0 Å². The number of likely N-dealkylation sites (N-methyl/N-ethyl adjacent to an activating group) is 1. The molecule has 3 N–H and O–H groups in total. The van der Waals surface area contributed by atoms with Gasteiger partial charge < -0.3 is 10.6 Å². The third kappa shape index (κ3) is 4.34. The Hall–Kier alpha value is -1.10. The predicted molar refractivity (Wildman–Crippen MR) is 66.5 cm³/mol. The molecule has 0 aromatic heterocycles. The quantitative estimate of drug-likeness (QED) is 0.642. The van der Waals surface area contributed by atoms with Gasteiger partial charge in [-0.15, -0.1) is 0 Å². The minimum atomic E-state index is -0.357. The van der Waals surface area contributed by atoms with Crippen LogP contribution in [-0.4, -0.2) is 37.0 Å². The van der Waals surface area contributed by atoms with E-state index in [9.17, 15) is 9.59 Å². The fourth-order valence-electron chi connectivity index (χ4n) is 2.14. The van der Waals surface area contributed by atoms with E-state index in [-0.39, 0.29) is 23.9 Å². The van der Waals surface area contributed by atoms with E-state index >= 15 is 0 Å². The molecule has 0 aromatic carbocycles. The molecule has 2 amide bonds. The summed E-state index contributed by atoms with van der Waals surface area (Å²) in [5.74, 6) is -0.127. The van der Waals surface area contributed by atoms with E-state index in [4.69, 9.17) is 0 Å². The number of amides is 2. The van der Waals surface area contributed by atoms with Crippen molar-refractivity contribution in [1.82, 2.24) is 16.0 Å². The van der Waals surface area contributed by atoms with Crippen molar-refractivity contribution in [3.63, 3.8) is 0 Å². The summed E-state index contributed by atoms with van der Waals surface area (Å²) in [7, 11) is 1.59. The third-order valence-corrected chi connectivity index (χ3v) is 3.23. The molecule has 1 saturated carbocycles. The Morgan fingerprint density at radius 1 is 1.06 bits per heavy atom. The first-order chi connectivity index (χ1) is 8.04. The second kappa shape index (κ2) is 6.59. The summed E-state index contributed by atoms with van der Waals surface area (Å²) < 4.78 is 0. The molecule has 17 heavy (non-hydrogen) atoms. The summed E-state index contributed by atoms with van der Waals surface area (Å²) in [5.41, 5.74) is 0. The van der Waals surface area contributed by atoms with Gasteiger partial charge in [0.2, 0.25) is 11.8 Å². The highest BCUT2D eigenvalue weighted by atomic mass is 16.2. The molecule has 1 fully saturated rings. The number of carbonyl (C=O) groups is 2. The molecule has 5 heteroatoms. The van der Waals surface area contributed by atoms with E-state index in [0.717, 1.165) is 12.8 Å². The number of carbonyl (C=O) groups excluding carboxylic acids is 2. The predicted octanol–water partition coefficient (Wildman–Crippen LogP) is 0.158. The molecule has 0 saturated heterocycles. The van der Waals surface area contributed by atoms with Crippen LogP contribution in [0.15, 0.2) is 0 Å². The van der Waals surface area contributed by atoms with Crippen LogP contribution in [0.4, 0.5) is 0 Å². The molecule has 98 valence electrons. The molecule has 0 spiro atoms. The average molecular weight is 241 g/mol. The number of hydrogen-bond donors (Lipinski definition) is 3. The van der Waals surface area contributed by atoms with Crippen molar-refractivity contribution >= 4 is 11.8 Å². The molecule has 0 aliphatic heterocycles. The van der Waals surface area contributed by atoms with Gasteiger partial charge in [0.25, 0.3) is 0 Å². The maximum absolute atomic E-state index is 11.8. The third-order valence-electron chi connectivity index (χ3n) is 3.23. The summed E-state index contributed by atoms with van der Waals surface area (Å²) in [4.78, 5) is 23.1. The Morgan fingerprint density at radius 3 is 2.12 bits per heavy atom. The lowest BCUT2D eigenvalue weighted by atomic mass is 10.2. The first-order valence-electron chi connectivity index (χ1n) is 6.32. The first kappa shape index (κ1) is 14.0. The summed E-state index contributed by atoms with van der Waals surface area (Å²) in [6.45, 7) is 3.53. The highest BCUT2D eigenvalue weighted by Gasteiger charge is 2.22. The minimum absolute atomic E-state index is 0.0207. The monoisotopic (exact) mass is 241 g/mol. The van der Waals surface area contributed by atoms with Gasteiger partial charge in [0.05, 0.1) is 12.1 Å². The van der Waals surface area contributed by atoms with E-state index < -0.39 is 0 Å². The second-order valence-corrected chi connectivity index (χ2v) is 4.71. The Balaban J connectivity index is 2.32. The Morgan fingerprint density at radius 2 is 1.59 bits per heavy atom. The molecule has 0 bridgehead atoms. The second-order valence-electron chi connectivity index (χ2n) is 4.71. The summed E-state index contributed by atoms with van der Waals surface area (Å²) >= 11 is 0. The van der Waals surface area contributed by atoms with E-state index in [0.29, 0.717) is 6.04 Å². The first-order valence-corrected chi connectivity index (χ1v) is 6.32. The Bertz CT molecular complexity index is 275. The molecular formula is C12H23N3O2. The van der Waals surface area contributed by atoms with Crippen LogP contribution in [0, 0.1) is 0 Å². The summed E-state index contributed by atoms with van der Waals surface area (Å²) in [6.07, 6.45) is 4.54. The van der Waals surface area contributed by atoms with E-state index in [1.807, 2.05) is 0 Å². The van der Waals surface area contributed by atoms with Gasteiger partial charge in [0, 0.05) is 13.1 Å². The van der Waals surface area contributed by atoms with Crippen LogP contribution in [0.1, 0.15) is 39.5 Å². The van der Waals surface area contributed by atoms with Crippen LogP contribution in [0.25, 0.3) is 0 Å². The minimum Gasteiger partial charge on any atom is -0.358 e. The van der Waals surface area contributed by atoms with E-state index in [1.165, 1.54) is 12.8 Å². The maximum atomic E-state index is 11.8. The highest BCUT2D eigenvalue weighted by Crippen LogP contribution is 2.17. The van der Waals surface area contributed by atoms with E-state index in [2.05, 4.69) is 16.0 Å². The number of hydrogen-bond acceptors (Lipinski definition) is 3. The summed E-state index contributed by atoms with van der Waals surface area (Å²) in [5, 5.41) is 8.54. The fourth-order valence-corrected chi connectivity index (χ4v) is 2.14. The zero-order valence-electron chi connectivity index (χ0n) is 10.9. The zero-order chi connectivity index (χ0) is 12.8. The molecule has 1 aliphatic carbocycles. The van der Waals surface area contributed by atoms with Crippen molar-refractivity contribution < 1.29 is 9.59 Å². The van der Waals surface area contributed by atoms with Crippen molar-refractivity contribution in [2.45, 2.75) is 57.7 Å². The van der Waals surface area contributed by atoms with Crippen molar-refractivity contribution in [3.05, 3.63) is 0 Å². The van der Waals surface area contributed by atoms with Gasteiger partial charge in [0.15, 0.2) is 0 Å². The van der Waals surface area contributed by atoms with Crippen LogP contribution < -0.4 is 16.0 Å². The van der Waals surface area contributed by atoms with Crippen molar-refractivity contribution in [3.8, 4) is 0 Å². The van der Waals surface area contributed by atoms with Crippen molar-refractivity contribution in [2.24, 2.45) is 0 Å². The number of nitrogens with one attached hydrogen (secondary N) is 3. The molecular weight excluding hydrogens is 218 g/mol. The molecule has 0 heterocycles. The zero-order valence-corrected chi connectivity index (χ0v) is 10.9. The SMILES string of the molecule is CNC(=O)C(C)NC(C)C(=O)NC1CCCC1. The topological polar surface area (TPSA) is 70.2 Å². The fraction of sp³-hybridized carbons (Fsp3) is 0.833. The number of rotatable bonds is 5. The average Bonchev–Trinajstić information content (AvgIpc) is 2.80. The standard InChI is InChI=1S/C12H23N3O2/c1-8(11(16)13-3)14-9(2)12(17)15-10-6-4-5-7-10/h8-10,14H,4-7H2,1-3H3,(H,13,16)(H,15,17). The Labute approximate surface area is 103 Å². The highest BCUT2D eigenvalue weighted by molar-refractivity contribution is 5.84. The van der Waals surface area contributed by atoms with Crippen LogP contribution in [0.5, 0.6) is 0 Å². The van der Waals surface area contributed by atoms with Crippen LogP contribution in [-0.2, 0) is 9.59 Å². The van der Waals surface area contributed by atoms with Crippen molar-refractivity contribution in [2.75, 3.05) is 7.05 Å². The molecule has 2 atom stereocenters. The molecule has 5 nitrogen and oxygen atoms in total. The van der Waals surface area contributed by atoms with Crippen LogP contribution in [0.3, 0.4) is 0 Å². The molecule has 1 rings (SSSR count). The van der Waals surface area contributed by atoms with Gasteiger partial charge in [-0.05, 0) is 26.7 Å². The summed E-state index contributed by atoms with van der Waals surface area (Å²) in [6, 6.07) is -0.380.